The van der Waals surface area contributed by atoms with Gasteiger partial charge in [0.1, 0.15) is 5.57 Å². The van der Waals surface area contributed by atoms with Gasteiger partial charge in [0.05, 0.1) is 12.8 Å². The Bertz CT molecular complexity index is 1120. The predicted molar refractivity (Wildman–Crippen MR) is 118 cm³/mol. The maximum atomic E-state index is 13.0. The molecule has 0 aromatic heterocycles. The highest BCUT2D eigenvalue weighted by Crippen LogP contribution is 2.31. The third-order valence-electron chi connectivity index (χ3n) is 4.32. The van der Waals surface area contributed by atoms with Crippen molar-refractivity contribution in [1.82, 2.24) is 5.32 Å². The van der Waals surface area contributed by atoms with Gasteiger partial charge in [-0.25, -0.2) is 4.79 Å². The summed E-state index contributed by atoms with van der Waals surface area (Å²) in [7, 11) is 1.39. The molecule has 1 unspecified atom stereocenters. The molecular formula is C21H17ClN2O6S. The van der Waals surface area contributed by atoms with Gasteiger partial charge in [-0.3, -0.25) is 19.8 Å². The number of hydrogen-bond donors (Lipinski definition) is 2. The molecule has 160 valence electrons. The third-order valence-corrected chi connectivity index (χ3v) is 4.84. The molecular weight excluding hydrogens is 444 g/mol. The van der Waals surface area contributed by atoms with Gasteiger partial charge in [0.25, 0.3) is 11.8 Å². The number of carboxylic acid groups (broad SMARTS) is 1. The number of rotatable bonds is 6. The molecule has 2 N–H and O–H groups in total. The molecule has 31 heavy (non-hydrogen) atoms. The average molecular weight is 461 g/mol. The largest absolute Gasteiger partial charge is 0.493 e. The van der Waals surface area contributed by atoms with Crippen LogP contribution in [0.2, 0.25) is 5.02 Å². The molecule has 2 amide bonds. The molecule has 10 heteroatoms. The number of amides is 2. The number of hydrogen-bond acceptors (Lipinski definition) is 6. The SMILES string of the molecule is COc1cc(/C=C2\C(=O)NC(=S)N(c3cccc(Cl)c3)C2=O)ccc1OC(C)C(=O)O. The van der Waals surface area contributed by atoms with Crippen LogP contribution in [0.15, 0.2) is 48.0 Å². The van der Waals surface area contributed by atoms with Crippen LogP contribution in [0, 0.1) is 0 Å². The summed E-state index contributed by atoms with van der Waals surface area (Å²) in [4.78, 5) is 37.7. The number of aliphatic carboxylic acids is 1. The number of nitrogens with zero attached hydrogens (tertiary/aromatic N) is 1. The number of methoxy groups -OCH3 is 1. The normalized spacial score (nSPS) is 16.2. The number of benzene rings is 2. The minimum atomic E-state index is -1.13. The number of carbonyl (C=O) groups excluding carboxylic acids is 2. The average Bonchev–Trinajstić information content (AvgIpc) is 2.71. The molecule has 2 aromatic carbocycles. The summed E-state index contributed by atoms with van der Waals surface area (Å²) in [5.74, 6) is -1.94. The van der Waals surface area contributed by atoms with E-state index in [2.05, 4.69) is 5.32 Å². The summed E-state index contributed by atoms with van der Waals surface area (Å²) in [5, 5.41) is 11.9. The Morgan fingerprint density at radius 2 is 1.97 bits per heavy atom. The van der Waals surface area contributed by atoms with Crippen molar-refractivity contribution in [3.63, 3.8) is 0 Å². The van der Waals surface area contributed by atoms with E-state index < -0.39 is 23.9 Å². The van der Waals surface area contributed by atoms with Gasteiger partial charge in [-0.05, 0) is 61.1 Å². The molecule has 1 saturated heterocycles. The lowest BCUT2D eigenvalue weighted by atomic mass is 10.1. The van der Waals surface area contributed by atoms with Crippen molar-refractivity contribution in [2.24, 2.45) is 0 Å². The number of anilines is 1. The van der Waals surface area contributed by atoms with Crippen molar-refractivity contribution in [2.45, 2.75) is 13.0 Å². The van der Waals surface area contributed by atoms with E-state index in [9.17, 15) is 14.4 Å². The number of halogens is 1. The Hall–Kier alpha value is -3.43. The fourth-order valence-corrected chi connectivity index (χ4v) is 3.25. The highest BCUT2D eigenvalue weighted by molar-refractivity contribution is 7.80. The van der Waals surface area contributed by atoms with Gasteiger partial charge >= 0.3 is 5.97 Å². The molecule has 8 nitrogen and oxygen atoms in total. The molecule has 1 aliphatic heterocycles. The van der Waals surface area contributed by atoms with Gasteiger partial charge in [0.2, 0.25) is 0 Å². The summed E-state index contributed by atoms with van der Waals surface area (Å²) in [5.41, 5.74) is 0.727. The Morgan fingerprint density at radius 1 is 1.23 bits per heavy atom. The topological polar surface area (TPSA) is 105 Å². The first-order valence-corrected chi connectivity index (χ1v) is 9.74. The van der Waals surface area contributed by atoms with Crippen LogP contribution in [-0.4, -0.2) is 41.2 Å². The molecule has 0 spiro atoms. The standard InChI is InChI=1S/C21H17ClN2O6S/c1-11(20(27)28)30-16-7-6-12(9-17(16)29-2)8-15-18(25)23-21(31)24(19(15)26)14-5-3-4-13(22)10-14/h3-11H,1-2H3,(H,27,28)(H,23,25,31)/b15-8+. The van der Waals surface area contributed by atoms with Crippen LogP contribution >= 0.6 is 23.8 Å². The predicted octanol–water partition coefficient (Wildman–Crippen LogP) is 3.03. The molecule has 2 aromatic rings. The van der Waals surface area contributed by atoms with E-state index >= 15 is 0 Å². The first kappa shape index (κ1) is 22.3. The lowest BCUT2D eigenvalue weighted by Crippen LogP contribution is -2.54. The fourth-order valence-electron chi connectivity index (χ4n) is 2.79. The van der Waals surface area contributed by atoms with Crippen LogP contribution in [0.3, 0.4) is 0 Å². The van der Waals surface area contributed by atoms with E-state index in [-0.39, 0.29) is 22.2 Å². The summed E-state index contributed by atoms with van der Waals surface area (Å²) >= 11 is 11.2. The van der Waals surface area contributed by atoms with Crippen LogP contribution in [0.1, 0.15) is 12.5 Å². The Kier molecular flexibility index (Phi) is 6.57. The van der Waals surface area contributed by atoms with E-state index in [1.165, 1.54) is 37.1 Å². The first-order valence-electron chi connectivity index (χ1n) is 8.95. The summed E-state index contributed by atoms with van der Waals surface area (Å²) < 4.78 is 10.6. The number of carboxylic acids is 1. The Balaban J connectivity index is 1.96. The van der Waals surface area contributed by atoms with E-state index in [1.54, 1.807) is 30.3 Å². The van der Waals surface area contributed by atoms with Gasteiger partial charge in [0.15, 0.2) is 22.7 Å². The quantitative estimate of drug-likeness (QED) is 0.388. The minimum Gasteiger partial charge on any atom is -0.493 e. The maximum absolute atomic E-state index is 13.0. The summed E-state index contributed by atoms with van der Waals surface area (Å²) in [6, 6.07) is 11.1. The molecule has 1 atom stereocenters. The van der Waals surface area contributed by atoms with Crippen LogP contribution in [-0.2, 0) is 14.4 Å². The van der Waals surface area contributed by atoms with Crippen LogP contribution in [0.4, 0.5) is 5.69 Å². The second-order valence-corrected chi connectivity index (χ2v) is 7.27. The lowest BCUT2D eigenvalue weighted by Gasteiger charge is -2.29. The van der Waals surface area contributed by atoms with Gasteiger partial charge in [-0.15, -0.1) is 0 Å². The number of ether oxygens (including phenoxy) is 2. The van der Waals surface area contributed by atoms with Gasteiger partial charge in [-0.2, -0.15) is 0 Å². The van der Waals surface area contributed by atoms with Gasteiger partial charge < -0.3 is 14.6 Å². The Morgan fingerprint density at radius 3 is 2.61 bits per heavy atom. The van der Waals surface area contributed by atoms with Crippen LogP contribution in [0.25, 0.3) is 6.08 Å². The van der Waals surface area contributed by atoms with Crippen molar-refractivity contribution < 1.29 is 29.0 Å². The first-order chi connectivity index (χ1) is 14.7. The van der Waals surface area contributed by atoms with Crippen molar-refractivity contribution in [1.29, 1.82) is 0 Å². The molecule has 1 aliphatic rings. The highest BCUT2D eigenvalue weighted by atomic mass is 35.5. The van der Waals surface area contributed by atoms with Crippen molar-refractivity contribution in [3.05, 3.63) is 58.6 Å². The number of thiocarbonyl (C=S) groups is 1. The summed E-state index contributed by atoms with van der Waals surface area (Å²) in [6.45, 7) is 1.38. The molecule has 0 radical (unpaired) electrons. The fraction of sp³-hybridized carbons (Fsp3) is 0.143. The number of carbonyl (C=O) groups is 3. The highest BCUT2D eigenvalue weighted by Gasteiger charge is 2.34. The molecule has 0 bridgehead atoms. The Labute approximate surface area is 188 Å². The zero-order chi connectivity index (χ0) is 22.7. The molecule has 0 saturated carbocycles. The van der Waals surface area contributed by atoms with Crippen molar-refractivity contribution in [2.75, 3.05) is 12.0 Å². The van der Waals surface area contributed by atoms with E-state index in [0.29, 0.717) is 16.3 Å². The molecule has 1 fully saturated rings. The van der Waals surface area contributed by atoms with Gasteiger partial charge in [-0.1, -0.05) is 23.7 Å². The van der Waals surface area contributed by atoms with Crippen LogP contribution < -0.4 is 19.7 Å². The smallest absolute Gasteiger partial charge is 0.344 e. The zero-order valence-electron chi connectivity index (χ0n) is 16.4. The monoisotopic (exact) mass is 460 g/mol. The number of nitrogens with one attached hydrogen (secondary N) is 1. The molecule has 3 rings (SSSR count). The third kappa shape index (κ3) is 4.84. The van der Waals surface area contributed by atoms with Crippen LogP contribution in [0.5, 0.6) is 11.5 Å². The van der Waals surface area contributed by atoms with Gasteiger partial charge in [0, 0.05) is 5.02 Å². The van der Waals surface area contributed by atoms with E-state index in [1.807, 2.05) is 0 Å². The van der Waals surface area contributed by atoms with Crippen molar-refractivity contribution >= 4 is 58.5 Å². The maximum Gasteiger partial charge on any atom is 0.344 e. The second-order valence-electron chi connectivity index (χ2n) is 6.45. The van der Waals surface area contributed by atoms with E-state index in [4.69, 9.17) is 38.4 Å². The molecule has 0 aliphatic carbocycles. The molecule has 1 heterocycles. The second kappa shape index (κ2) is 9.15. The summed E-state index contributed by atoms with van der Waals surface area (Å²) in [6.07, 6.45) is 0.292. The lowest BCUT2D eigenvalue weighted by molar-refractivity contribution is -0.144. The minimum absolute atomic E-state index is 0.0570. The van der Waals surface area contributed by atoms with Crippen molar-refractivity contribution in [3.8, 4) is 11.5 Å². The van der Waals surface area contributed by atoms with E-state index in [0.717, 1.165) is 0 Å². The zero-order valence-corrected chi connectivity index (χ0v) is 18.0.